The van der Waals surface area contributed by atoms with E-state index in [1.54, 1.807) is 0 Å². The van der Waals surface area contributed by atoms with Gasteiger partial charge in [-0.3, -0.25) is 4.79 Å². The van der Waals surface area contributed by atoms with Gasteiger partial charge in [-0.25, -0.2) is 4.98 Å². The molecule has 2 saturated carbocycles. The summed E-state index contributed by atoms with van der Waals surface area (Å²) >= 11 is 0. The maximum Gasteiger partial charge on any atom is 0.161 e. The van der Waals surface area contributed by atoms with E-state index in [4.69, 9.17) is 0 Å². The van der Waals surface area contributed by atoms with E-state index in [1.165, 1.54) is 5.70 Å². The highest BCUT2D eigenvalue weighted by Crippen LogP contribution is 2.68. The summed E-state index contributed by atoms with van der Waals surface area (Å²) in [5.74, 6) is 2.54. The third-order valence-electron chi connectivity index (χ3n) is 6.18. The molecule has 23 heavy (non-hydrogen) atoms. The zero-order chi connectivity index (χ0) is 16.2. The van der Waals surface area contributed by atoms with Crippen LogP contribution in [0.5, 0.6) is 0 Å². The second kappa shape index (κ2) is 5.08. The SMILES string of the molecule is CC(=C1C(=O)CC2C1C2(C)C)N1CCN(c2ccccn2)CC1. The fourth-order valence-corrected chi connectivity index (χ4v) is 4.59. The van der Waals surface area contributed by atoms with E-state index in [9.17, 15) is 4.79 Å². The van der Waals surface area contributed by atoms with Crippen molar-refractivity contribution in [2.75, 3.05) is 31.1 Å². The number of anilines is 1. The van der Waals surface area contributed by atoms with Gasteiger partial charge in [0.15, 0.2) is 5.78 Å². The molecule has 2 unspecified atom stereocenters. The predicted molar refractivity (Wildman–Crippen MR) is 91.1 cm³/mol. The molecule has 1 aromatic heterocycles. The van der Waals surface area contributed by atoms with Gasteiger partial charge in [0.05, 0.1) is 0 Å². The second-order valence-electron chi connectivity index (χ2n) is 7.69. The minimum atomic E-state index is 0.334. The van der Waals surface area contributed by atoms with Gasteiger partial charge >= 0.3 is 0 Å². The zero-order valence-corrected chi connectivity index (χ0v) is 14.2. The number of rotatable bonds is 2. The molecule has 2 aliphatic carbocycles. The van der Waals surface area contributed by atoms with Crippen molar-refractivity contribution in [2.24, 2.45) is 17.3 Å². The van der Waals surface area contributed by atoms with E-state index in [-0.39, 0.29) is 0 Å². The minimum absolute atomic E-state index is 0.334. The van der Waals surface area contributed by atoms with Crippen LogP contribution in [0.2, 0.25) is 0 Å². The molecular weight excluding hydrogens is 286 g/mol. The molecule has 0 N–H and O–H groups in total. The number of hydrogen-bond acceptors (Lipinski definition) is 4. The average Bonchev–Trinajstić information content (AvgIpc) is 2.92. The Labute approximate surface area is 138 Å². The molecule has 0 aromatic carbocycles. The number of piperazine rings is 1. The van der Waals surface area contributed by atoms with Crippen LogP contribution in [0.1, 0.15) is 27.2 Å². The lowest BCUT2D eigenvalue weighted by Gasteiger charge is -2.38. The third kappa shape index (κ3) is 2.27. The lowest BCUT2D eigenvalue weighted by atomic mass is 9.95. The fourth-order valence-electron chi connectivity index (χ4n) is 4.59. The summed E-state index contributed by atoms with van der Waals surface area (Å²) in [7, 11) is 0. The van der Waals surface area contributed by atoms with Crippen molar-refractivity contribution in [3.8, 4) is 0 Å². The Morgan fingerprint density at radius 1 is 1.22 bits per heavy atom. The van der Waals surface area contributed by atoms with E-state index in [0.717, 1.165) is 44.0 Å². The number of carbonyl (C=O) groups excluding carboxylic acids is 1. The summed E-state index contributed by atoms with van der Waals surface area (Å²) in [4.78, 5) is 21.5. The molecule has 1 aromatic rings. The van der Waals surface area contributed by atoms with Crippen molar-refractivity contribution in [3.63, 3.8) is 0 Å². The summed E-state index contributed by atoms with van der Waals surface area (Å²) in [5.41, 5.74) is 2.69. The number of allylic oxidation sites excluding steroid dienone is 2. The van der Waals surface area contributed by atoms with Gasteiger partial charge in [0.1, 0.15) is 5.82 Å². The Balaban J connectivity index is 1.48. The van der Waals surface area contributed by atoms with E-state index in [1.807, 2.05) is 18.3 Å². The molecule has 1 aliphatic heterocycles. The van der Waals surface area contributed by atoms with Crippen molar-refractivity contribution < 1.29 is 4.79 Å². The number of ketones is 1. The normalized spacial score (nSPS) is 31.2. The number of hydrogen-bond donors (Lipinski definition) is 0. The standard InChI is InChI=1S/C19H25N3O/c1-13(17-15(23)12-14-18(17)19(14,2)3)21-8-10-22(11-9-21)16-6-4-5-7-20-16/h4-7,14,18H,8-12H2,1-3H3. The van der Waals surface area contributed by atoms with Crippen LogP contribution in [-0.4, -0.2) is 41.8 Å². The largest absolute Gasteiger partial charge is 0.371 e. The van der Waals surface area contributed by atoms with Crippen molar-refractivity contribution in [1.29, 1.82) is 0 Å². The first kappa shape index (κ1) is 14.7. The molecule has 3 fully saturated rings. The molecule has 0 spiro atoms. The number of nitrogens with zero attached hydrogens (tertiary/aromatic N) is 3. The van der Waals surface area contributed by atoms with Crippen LogP contribution in [0.15, 0.2) is 35.7 Å². The van der Waals surface area contributed by atoms with E-state index < -0.39 is 0 Å². The van der Waals surface area contributed by atoms with Crippen LogP contribution in [0.4, 0.5) is 5.82 Å². The van der Waals surface area contributed by atoms with Crippen molar-refractivity contribution in [1.82, 2.24) is 9.88 Å². The van der Waals surface area contributed by atoms with Crippen molar-refractivity contribution in [3.05, 3.63) is 35.7 Å². The van der Waals surface area contributed by atoms with Gasteiger partial charge in [-0.2, -0.15) is 0 Å². The topological polar surface area (TPSA) is 36.4 Å². The molecule has 3 aliphatic rings. The molecule has 0 bridgehead atoms. The smallest absolute Gasteiger partial charge is 0.161 e. The van der Waals surface area contributed by atoms with Gasteiger partial charge in [0, 0.05) is 50.1 Å². The number of fused-ring (bicyclic) bond motifs is 1. The van der Waals surface area contributed by atoms with Crippen LogP contribution in [0, 0.1) is 17.3 Å². The van der Waals surface area contributed by atoms with Gasteiger partial charge in [0.25, 0.3) is 0 Å². The second-order valence-corrected chi connectivity index (χ2v) is 7.69. The first-order valence-corrected chi connectivity index (χ1v) is 8.65. The molecule has 0 amide bonds. The highest BCUT2D eigenvalue weighted by Gasteiger charge is 2.65. The Bertz CT molecular complexity index is 656. The van der Waals surface area contributed by atoms with E-state index in [0.29, 0.717) is 23.0 Å². The van der Waals surface area contributed by atoms with Gasteiger partial charge in [-0.05, 0) is 36.3 Å². The van der Waals surface area contributed by atoms with Crippen LogP contribution < -0.4 is 4.90 Å². The van der Waals surface area contributed by atoms with Gasteiger partial charge in [0.2, 0.25) is 0 Å². The maximum absolute atomic E-state index is 12.4. The summed E-state index contributed by atoms with van der Waals surface area (Å²) in [5, 5.41) is 0. The Hall–Kier alpha value is -1.84. The summed E-state index contributed by atoms with van der Waals surface area (Å²) in [6.45, 7) is 10.6. The first-order valence-electron chi connectivity index (χ1n) is 8.65. The average molecular weight is 311 g/mol. The number of carbonyl (C=O) groups is 1. The molecule has 4 rings (SSSR count). The number of aromatic nitrogens is 1. The minimum Gasteiger partial charge on any atom is -0.371 e. The highest BCUT2D eigenvalue weighted by atomic mass is 16.1. The maximum atomic E-state index is 12.4. The van der Waals surface area contributed by atoms with Gasteiger partial charge in [-0.15, -0.1) is 0 Å². The molecule has 2 atom stereocenters. The Morgan fingerprint density at radius 3 is 2.57 bits per heavy atom. The Kier molecular flexibility index (Phi) is 3.26. The molecule has 0 radical (unpaired) electrons. The summed E-state index contributed by atoms with van der Waals surface area (Å²) < 4.78 is 0. The molecule has 122 valence electrons. The summed E-state index contributed by atoms with van der Waals surface area (Å²) in [6.07, 6.45) is 2.61. The molecule has 4 heteroatoms. The highest BCUT2D eigenvalue weighted by molar-refractivity contribution is 6.01. The lowest BCUT2D eigenvalue weighted by Crippen LogP contribution is -2.46. The van der Waals surface area contributed by atoms with Crippen LogP contribution in [0.3, 0.4) is 0 Å². The van der Waals surface area contributed by atoms with E-state index >= 15 is 0 Å². The molecular formula is C19H25N3O. The first-order chi connectivity index (χ1) is 11.0. The van der Waals surface area contributed by atoms with Crippen LogP contribution in [-0.2, 0) is 4.79 Å². The van der Waals surface area contributed by atoms with Crippen molar-refractivity contribution >= 4 is 11.6 Å². The lowest BCUT2D eigenvalue weighted by molar-refractivity contribution is -0.115. The zero-order valence-electron chi connectivity index (χ0n) is 14.2. The van der Waals surface area contributed by atoms with Crippen LogP contribution >= 0.6 is 0 Å². The summed E-state index contributed by atoms with van der Waals surface area (Å²) in [6, 6.07) is 6.06. The Morgan fingerprint density at radius 2 is 1.96 bits per heavy atom. The number of Topliss-reactive ketones (excluding diaryl/α,β-unsaturated/α-hetero) is 1. The van der Waals surface area contributed by atoms with Crippen LogP contribution in [0.25, 0.3) is 0 Å². The van der Waals surface area contributed by atoms with Crippen molar-refractivity contribution in [2.45, 2.75) is 27.2 Å². The molecule has 2 heterocycles. The van der Waals surface area contributed by atoms with Gasteiger partial charge in [-0.1, -0.05) is 19.9 Å². The fraction of sp³-hybridized carbons (Fsp3) is 0.579. The monoisotopic (exact) mass is 311 g/mol. The third-order valence-corrected chi connectivity index (χ3v) is 6.18. The molecule has 1 saturated heterocycles. The predicted octanol–water partition coefficient (Wildman–Crippen LogP) is 2.72. The van der Waals surface area contributed by atoms with E-state index in [2.05, 4.69) is 41.6 Å². The number of pyridine rings is 1. The quantitative estimate of drug-likeness (QED) is 0.787. The molecule has 4 nitrogen and oxygen atoms in total. The van der Waals surface area contributed by atoms with Gasteiger partial charge < -0.3 is 9.80 Å².